The van der Waals surface area contributed by atoms with Crippen molar-refractivity contribution in [3.05, 3.63) is 84.1 Å². The number of para-hydroxylation sites is 1. The lowest BCUT2D eigenvalue weighted by Crippen LogP contribution is -2.41. The fraction of sp³-hybridized carbons (Fsp3) is 0.0455. The van der Waals surface area contributed by atoms with Crippen LogP contribution in [-0.2, 0) is 10.0 Å². The summed E-state index contributed by atoms with van der Waals surface area (Å²) in [4.78, 5) is 24.8. The minimum Gasteiger partial charge on any atom is -0.497 e. The third-order valence-corrected chi connectivity index (χ3v) is 6.10. The first-order valence-electron chi connectivity index (χ1n) is 9.68. The smallest absolute Gasteiger partial charge is 0.290 e. The zero-order chi connectivity index (χ0) is 23.4. The predicted molar refractivity (Wildman–Crippen MR) is 121 cm³/mol. The van der Waals surface area contributed by atoms with Gasteiger partial charge in [0.15, 0.2) is 5.69 Å². The SMILES string of the molecule is COc1ccc(NS(=O)(=O)c2cccc(C(=O)NNC(=O)c3n[nH]c4ccccc34)c2)cc1. The van der Waals surface area contributed by atoms with Crippen LogP contribution in [0.4, 0.5) is 5.69 Å². The number of sulfonamides is 1. The number of hydrogen-bond acceptors (Lipinski definition) is 6. The van der Waals surface area contributed by atoms with E-state index >= 15 is 0 Å². The van der Waals surface area contributed by atoms with Crippen molar-refractivity contribution in [3.8, 4) is 5.75 Å². The molecule has 0 fully saturated rings. The summed E-state index contributed by atoms with van der Waals surface area (Å²) in [5, 5.41) is 7.29. The number of carbonyl (C=O) groups excluding carboxylic acids is 2. The number of hydrazine groups is 1. The lowest BCUT2D eigenvalue weighted by molar-refractivity contribution is 0.0844. The number of nitrogens with zero attached hydrogens (tertiary/aromatic N) is 1. The summed E-state index contributed by atoms with van der Waals surface area (Å²) in [6, 6.07) is 18.8. The lowest BCUT2D eigenvalue weighted by Gasteiger charge is -2.10. The third kappa shape index (κ3) is 4.77. The molecule has 0 saturated heterocycles. The van der Waals surface area contributed by atoms with E-state index < -0.39 is 21.8 Å². The molecule has 4 rings (SSSR count). The number of H-pyrrole nitrogens is 1. The molecular weight excluding hydrogens is 446 g/mol. The molecule has 0 aliphatic rings. The van der Waals surface area contributed by atoms with Gasteiger partial charge in [0, 0.05) is 16.6 Å². The van der Waals surface area contributed by atoms with Crippen molar-refractivity contribution >= 4 is 38.4 Å². The van der Waals surface area contributed by atoms with Crippen molar-refractivity contribution in [2.24, 2.45) is 0 Å². The van der Waals surface area contributed by atoms with Crippen LogP contribution in [-0.4, -0.2) is 37.5 Å². The zero-order valence-corrected chi connectivity index (χ0v) is 18.1. The van der Waals surface area contributed by atoms with E-state index in [4.69, 9.17) is 4.74 Å². The summed E-state index contributed by atoms with van der Waals surface area (Å²) in [5.41, 5.74) is 5.73. The van der Waals surface area contributed by atoms with Gasteiger partial charge in [0.2, 0.25) is 0 Å². The van der Waals surface area contributed by atoms with E-state index in [1.54, 1.807) is 48.5 Å². The number of amides is 2. The van der Waals surface area contributed by atoms with Crippen LogP contribution >= 0.6 is 0 Å². The number of fused-ring (bicyclic) bond motifs is 1. The van der Waals surface area contributed by atoms with Gasteiger partial charge in [0.25, 0.3) is 21.8 Å². The lowest BCUT2D eigenvalue weighted by atomic mass is 10.2. The highest BCUT2D eigenvalue weighted by Crippen LogP contribution is 2.20. The van der Waals surface area contributed by atoms with Gasteiger partial charge >= 0.3 is 0 Å². The van der Waals surface area contributed by atoms with Crippen molar-refractivity contribution in [3.63, 3.8) is 0 Å². The molecular formula is C22H19N5O5S. The summed E-state index contributed by atoms with van der Waals surface area (Å²) in [7, 11) is -2.44. The molecule has 0 atom stereocenters. The molecule has 3 aromatic carbocycles. The molecule has 0 aliphatic carbocycles. The third-order valence-electron chi connectivity index (χ3n) is 4.72. The fourth-order valence-electron chi connectivity index (χ4n) is 3.06. The highest BCUT2D eigenvalue weighted by Gasteiger charge is 2.18. The minimum absolute atomic E-state index is 0.0415. The molecule has 0 bridgehead atoms. The molecule has 1 aromatic heterocycles. The summed E-state index contributed by atoms with van der Waals surface area (Å²) in [6.07, 6.45) is 0. The van der Waals surface area contributed by atoms with E-state index in [1.165, 1.54) is 31.4 Å². The van der Waals surface area contributed by atoms with Crippen LogP contribution in [0.15, 0.2) is 77.7 Å². The van der Waals surface area contributed by atoms with Crippen molar-refractivity contribution in [2.75, 3.05) is 11.8 Å². The van der Waals surface area contributed by atoms with Crippen molar-refractivity contribution in [1.29, 1.82) is 0 Å². The predicted octanol–water partition coefficient (Wildman–Crippen LogP) is 2.45. The van der Waals surface area contributed by atoms with E-state index in [1.807, 2.05) is 0 Å². The van der Waals surface area contributed by atoms with Crippen LogP contribution in [0.1, 0.15) is 20.8 Å². The largest absolute Gasteiger partial charge is 0.497 e. The van der Waals surface area contributed by atoms with Crippen LogP contribution < -0.4 is 20.3 Å². The molecule has 168 valence electrons. The average molecular weight is 465 g/mol. The van der Waals surface area contributed by atoms with Gasteiger partial charge in [0.1, 0.15) is 5.75 Å². The number of aromatic amines is 1. The normalized spacial score (nSPS) is 11.1. The van der Waals surface area contributed by atoms with E-state index in [0.717, 1.165) is 0 Å². The first-order valence-corrected chi connectivity index (χ1v) is 11.2. The molecule has 0 saturated carbocycles. The van der Waals surface area contributed by atoms with Gasteiger partial charge in [-0.25, -0.2) is 8.42 Å². The van der Waals surface area contributed by atoms with Gasteiger partial charge in [-0.2, -0.15) is 5.10 Å². The maximum atomic E-state index is 12.7. The van der Waals surface area contributed by atoms with Gasteiger partial charge in [-0.15, -0.1) is 0 Å². The first-order chi connectivity index (χ1) is 15.9. The van der Waals surface area contributed by atoms with Gasteiger partial charge < -0.3 is 4.74 Å². The van der Waals surface area contributed by atoms with Crippen molar-refractivity contribution in [2.45, 2.75) is 4.90 Å². The van der Waals surface area contributed by atoms with Crippen molar-refractivity contribution < 1.29 is 22.7 Å². The number of rotatable bonds is 6. The van der Waals surface area contributed by atoms with Gasteiger partial charge in [-0.3, -0.25) is 30.3 Å². The Morgan fingerprint density at radius 1 is 0.909 bits per heavy atom. The molecule has 0 aliphatic heterocycles. The fourth-order valence-corrected chi connectivity index (χ4v) is 4.16. The quantitative estimate of drug-likeness (QED) is 0.322. The van der Waals surface area contributed by atoms with Crippen LogP contribution in [0.5, 0.6) is 5.75 Å². The monoisotopic (exact) mass is 465 g/mol. The summed E-state index contributed by atoms with van der Waals surface area (Å²) in [5.74, 6) is -0.725. The number of benzene rings is 3. The molecule has 0 spiro atoms. The van der Waals surface area contributed by atoms with Crippen LogP contribution in [0, 0.1) is 0 Å². The molecule has 33 heavy (non-hydrogen) atoms. The zero-order valence-electron chi connectivity index (χ0n) is 17.3. The Hall–Kier alpha value is -4.38. The Labute approximate surface area is 189 Å². The standard InChI is InChI=1S/C22H19N5O5S/c1-32-16-11-9-15(10-12-16)27-33(30,31)17-6-4-5-14(13-17)21(28)25-26-22(29)20-18-7-2-3-8-19(18)23-24-20/h2-13,27H,1H3,(H,23,24)(H,25,28)(H,26,29). The Morgan fingerprint density at radius 3 is 2.39 bits per heavy atom. The molecule has 2 amide bonds. The molecule has 0 radical (unpaired) electrons. The van der Waals surface area contributed by atoms with Gasteiger partial charge in [-0.05, 0) is 48.5 Å². The molecule has 10 nitrogen and oxygen atoms in total. The Kier molecular flexibility index (Phi) is 5.96. The second kappa shape index (κ2) is 9.01. The van der Waals surface area contributed by atoms with Crippen LogP contribution in [0.25, 0.3) is 10.9 Å². The number of anilines is 1. The topological polar surface area (TPSA) is 142 Å². The number of aromatic nitrogens is 2. The minimum atomic E-state index is -3.95. The Morgan fingerprint density at radius 2 is 1.64 bits per heavy atom. The number of methoxy groups -OCH3 is 1. The summed E-state index contributed by atoms with van der Waals surface area (Å²) < 4.78 is 32.9. The molecule has 0 unspecified atom stereocenters. The molecule has 4 aromatic rings. The van der Waals surface area contributed by atoms with Crippen LogP contribution in [0.3, 0.4) is 0 Å². The number of ether oxygens (including phenoxy) is 1. The average Bonchev–Trinajstić information content (AvgIpc) is 3.27. The second-order valence-electron chi connectivity index (χ2n) is 6.89. The van der Waals surface area contributed by atoms with Crippen molar-refractivity contribution in [1.82, 2.24) is 21.0 Å². The Bertz CT molecular complexity index is 1430. The molecule has 4 N–H and O–H groups in total. The van der Waals surface area contributed by atoms with E-state index in [0.29, 0.717) is 22.3 Å². The number of nitrogens with one attached hydrogen (secondary N) is 4. The molecule has 1 heterocycles. The highest BCUT2D eigenvalue weighted by atomic mass is 32.2. The maximum absolute atomic E-state index is 12.7. The summed E-state index contributed by atoms with van der Waals surface area (Å²) in [6.45, 7) is 0. The Balaban J connectivity index is 1.45. The molecule has 11 heteroatoms. The van der Waals surface area contributed by atoms with E-state index in [9.17, 15) is 18.0 Å². The summed E-state index contributed by atoms with van der Waals surface area (Å²) >= 11 is 0. The second-order valence-corrected chi connectivity index (χ2v) is 8.57. The maximum Gasteiger partial charge on any atom is 0.290 e. The van der Waals surface area contributed by atoms with E-state index in [2.05, 4.69) is 25.8 Å². The first kappa shape index (κ1) is 21.8. The number of carbonyl (C=O) groups is 2. The van der Waals surface area contributed by atoms with E-state index in [-0.39, 0.29) is 16.2 Å². The van der Waals surface area contributed by atoms with Gasteiger partial charge in [0.05, 0.1) is 17.5 Å². The van der Waals surface area contributed by atoms with Crippen LogP contribution in [0.2, 0.25) is 0 Å². The highest BCUT2D eigenvalue weighted by molar-refractivity contribution is 7.92. The number of hydrogen-bond donors (Lipinski definition) is 4. The van der Waals surface area contributed by atoms with Gasteiger partial charge in [-0.1, -0.05) is 24.3 Å².